The Morgan fingerprint density at radius 3 is 2.16 bits per heavy atom. The summed E-state index contributed by atoms with van der Waals surface area (Å²) in [6.45, 7) is 9.52. The number of rotatable bonds is 6. The molecule has 19 heavy (non-hydrogen) atoms. The van der Waals surface area contributed by atoms with Crippen LogP contribution in [-0.4, -0.2) is 41.8 Å². The molecule has 0 aromatic rings. The molecule has 4 heteroatoms. The first kappa shape index (κ1) is 16.2. The molecule has 0 radical (unpaired) electrons. The number of nitrogens with one attached hydrogen (secondary N) is 1. The number of ketones is 1. The summed E-state index contributed by atoms with van der Waals surface area (Å²) in [5.74, 6) is 0.606. The molecular formula is C15H28N2O2. The zero-order valence-electron chi connectivity index (χ0n) is 12.7. The molecule has 1 unspecified atom stereocenters. The van der Waals surface area contributed by atoms with Crippen molar-refractivity contribution in [2.45, 2.75) is 65.5 Å². The van der Waals surface area contributed by atoms with Gasteiger partial charge in [0, 0.05) is 12.0 Å². The molecule has 0 aromatic heterocycles. The molecule has 1 aliphatic rings. The Morgan fingerprint density at radius 2 is 1.74 bits per heavy atom. The van der Waals surface area contributed by atoms with E-state index in [0.29, 0.717) is 0 Å². The van der Waals surface area contributed by atoms with Crippen LogP contribution in [0.15, 0.2) is 0 Å². The van der Waals surface area contributed by atoms with E-state index in [1.165, 1.54) is 0 Å². The number of carbonyl (C=O) groups excluding carboxylic acids is 2. The van der Waals surface area contributed by atoms with E-state index in [-0.39, 0.29) is 29.7 Å². The molecule has 1 saturated heterocycles. The summed E-state index contributed by atoms with van der Waals surface area (Å²) < 4.78 is 0. The van der Waals surface area contributed by atoms with E-state index < -0.39 is 0 Å². The number of nitrogens with zero attached hydrogens (tertiary/aromatic N) is 1. The molecule has 1 fully saturated rings. The number of hydrogen-bond acceptors (Lipinski definition) is 3. The first-order valence-corrected chi connectivity index (χ1v) is 7.54. The van der Waals surface area contributed by atoms with Crippen LogP contribution in [0.3, 0.4) is 0 Å². The molecule has 0 spiro atoms. The van der Waals surface area contributed by atoms with Crippen molar-refractivity contribution in [1.29, 1.82) is 0 Å². The topological polar surface area (TPSA) is 49.4 Å². The SMILES string of the molecule is CCC(CC)NC(=O)C(C)N1CCC(C(C)=O)CC1. The highest BCUT2D eigenvalue weighted by atomic mass is 16.2. The van der Waals surface area contributed by atoms with E-state index in [9.17, 15) is 9.59 Å². The number of amides is 1. The second-order valence-electron chi connectivity index (χ2n) is 5.62. The maximum atomic E-state index is 12.2. The number of likely N-dealkylation sites (tertiary alicyclic amines) is 1. The Hall–Kier alpha value is -0.900. The fourth-order valence-corrected chi connectivity index (χ4v) is 2.67. The molecule has 1 atom stereocenters. The lowest BCUT2D eigenvalue weighted by Gasteiger charge is -2.35. The smallest absolute Gasteiger partial charge is 0.237 e. The van der Waals surface area contributed by atoms with Gasteiger partial charge in [0.2, 0.25) is 5.91 Å². The highest BCUT2D eigenvalue weighted by Gasteiger charge is 2.28. The minimum Gasteiger partial charge on any atom is -0.352 e. The van der Waals surface area contributed by atoms with Crippen molar-refractivity contribution in [2.24, 2.45) is 5.92 Å². The van der Waals surface area contributed by atoms with E-state index in [0.717, 1.165) is 38.8 Å². The van der Waals surface area contributed by atoms with Gasteiger partial charge in [0.05, 0.1) is 6.04 Å². The van der Waals surface area contributed by atoms with Crippen LogP contribution in [0.1, 0.15) is 53.4 Å². The third-order valence-corrected chi connectivity index (χ3v) is 4.36. The quantitative estimate of drug-likeness (QED) is 0.801. The van der Waals surface area contributed by atoms with Crippen LogP contribution in [0.5, 0.6) is 0 Å². The molecule has 0 aliphatic carbocycles. The van der Waals surface area contributed by atoms with Crippen LogP contribution in [0.25, 0.3) is 0 Å². The number of carbonyl (C=O) groups is 2. The molecular weight excluding hydrogens is 240 g/mol. The molecule has 0 bridgehead atoms. The van der Waals surface area contributed by atoms with Gasteiger partial charge in [0.1, 0.15) is 5.78 Å². The first-order chi connectivity index (χ1) is 8.99. The third-order valence-electron chi connectivity index (χ3n) is 4.36. The van der Waals surface area contributed by atoms with Gasteiger partial charge in [-0.15, -0.1) is 0 Å². The van der Waals surface area contributed by atoms with Crippen LogP contribution in [0.4, 0.5) is 0 Å². The number of hydrogen-bond donors (Lipinski definition) is 1. The fourth-order valence-electron chi connectivity index (χ4n) is 2.67. The van der Waals surface area contributed by atoms with Crippen molar-refractivity contribution < 1.29 is 9.59 Å². The number of piperidine rings is 1. The van der Waals surface area contributed by atoms with Gasteiger partial charge in [-0.3, -0.25) is 14.5 Å². The first-order valence-electron chi connectivity index (χ1n) is 7.54. The molecule has 0 aromatic carbocycles. The second-order valence-corrected chi connectivity index (χ2v) is 5.62. The number of Topliss-reactive ketones (excluding diaryl/α,β-unsaturated/α-hetero) is 1. The van der Waals surface area contributed by atoms with Crippen molar-refractivity contribution in [3.63, 3.8) is 0 Å². The molecule has 1 N–H and O–H groups in total. The van der Waals surface area contributed by atoms with Crippen molar-refractivity contribution in [2.75, 3.05) is 13.1 Å². The lowest BCUT2D eigenvalue weighted by molar-refractivity contribution is -0.127. The molecule has 1 rings (SSSR count). The zero-order valence-corrected chi connectivity index (χ0v) is 12.7. The van der Waals surface area contributed by atoms with Gasteiger partial charge >= 0.3 is 0 Å². The molecule has 1 heterocycles. The Balaban J connectivity index is 2.44. The normalized spacial score (nSPS) is 19.4. The fraction of sp³-hybridized carbons (Fsp3) is 0.867. The lowest BCUT2D eigenvalue weighted by atomic mass is 9.92. The van der Waals surface area contributed by atoms with Crippen molar-refractivity contribution >= 4 is 11.7 Å². The van der Waals surface area contributed by atoms with Gasteiger partial charge in [-0.05, 0) is 52.6 Å². The summed E-state index contributed by atoms with van der Waals surface area (Å²) in [5.41, 5.74) is 0. The second kappa shape index (κ2) is 7.63. The van der Waals surface area contributed by atoms with E-state index in [1.54, 1.807) is 6.92 Å². The van der Waals surface area contributed by atoms with E-state index in [2.05, 4.69) is 24.1 Å². The van der Waals surface area contributed by atoms with Gasteiger partial charge in [-0.1, -0.05) is 13.8 Å². The third kappa shape index (κ3) is 4.60. The summed E-state index contributed by atoms with van der Waals surface area (Å²) in [6, 6.07) is 0.193. The average Bonchev–Trinajstić information content (AvgIpc) is 2.43. The van der Waals surface area contributed by atoms with E-state index >= 15 is 0 Å². The lowest BCUT2D eigenvalue weighted by Crippen LogP contribution is -2.50. The molecule has 0 saturated carbocycles. The molecule has 110 valence electrons. The van der Waals surface area contributed by atoms with Gasteiger partial charge in [0.25, 0.3) is 0 Å². The van der Waals surface area contributed by atoms with Gasteiger partial charge < -0.3 is 5.32 Å². The zero-order chi connectivity index (χ0) is 14.4. The van der Waals surface area contributed by atoms with Gasteiger partial charge in [0.15, 0.2) is 0 Å². The maximum Gasteiger partial charge on any atom is 0.237 e. The summed E-state index contributed by atoms with van der Waals surface area (Å²) >= 11 is 0. The highest BCUT2D eigenvalue weighted by Crippen LogP contribution is 2.19. The Labute approximate surface area is 116 Å². The molecule has 1 amide bonds. The van der Waals surface area contributed by atoms with Crippen LogP contribution in [0, 0.1) is 5.92 Å². The monoisotopic (exact) mass is 268 g/mol. The van der Waals surface area contributed by atoms with Gasteiger partial charge in [-0.25, -0.2) is 0 Å². The Kier molecular flexibility index (Phi) is 6.49. The highest BCUT2D eigenvalue weighted by molar-refractivity contribution is 5.81. The summed E-state index contributed by atoms with van der Waals surface area (Å²) in [7, 11) is 0. The summed E-state index contributed by atoms with van der Waals surface area (Å²) in [6.07, 6.45) is 3.72. The van der Waals surface area contributed by atoms with Crippen LogP contribution in [-0.2, 0) is 9.59 Å². The summed E-state index contributed by atoms with van der Waals surface area (Å²) in [4.78, 5) is 25.7. The average molecular weight is 268 g/mol. The van der Waals surface area contributed by atoms with E-state index in [1.807, 2.05) is 6.92 Å². The largest absolute Gasteiger partial charge is 0.352 e. The minimum absolute atomic E-state index is 0.0893. The van der Waals surface area contributed by atoms with Crippen LogP contribution in [0.2, 0.25) is 0 Å². The summed E-state index contributed by atoms with van der Waals surface area (Å²) in [5, 5.41) is 3.10. The van der Waals surface area contributed by atoms with Crippen LogP contribution < -0.4 is 5.32 Å². The standard InChI is InChI=1S/C15H28N2O2/c1-5-14(6-2)16-15(19)11(3)17-9-7-13(8-10-17)12(4)18/h11,13-14H,5-10H2,1-4H3,(H,16,19). The Bertz CT molecular complexity index is 305. The predicted molar refractivity (Wildman–Crippen MR) is 77.0 cm³/mol. The predicted octanol–water partition coefficient (Wildman–Crippen LogP) is 1.98. The van der Waals surface area contributed by atoms with Gasteiger partial charge in [-0.2, -0.15) is 0 Å². The maximum absolute atomic E-state index is 12.2. The molecule has 4 nitrogen and oxygen atoms in total. The van der Waals surface area contributed by atoms with Crippen molar-refractivity contribution in [3.8, 4) is 0 Å². The van der Waals surface area contributed by atoms with Crippen LogP contribution >= 0.6 is 0 Å². The molecule has 1 aliphatic heterocycles. The van der Waals surface area contributed by atoms with Crippen molar-refractivity contribution in [3.05, 3.63) is 0 Å². The van der Waals surface area contributed by atoms with E-state index in [4.69, 9.17) is 0 Å². The minimum atomic E-state index is -0.0893. The van der Waals surface area contributed by atoms with Crippen molar-refractivity contribution in [1.82, 2.24) is 10.2 Å². The Morgan fingerprint density at radius 1 is 1.21 bits per heavy atom.